The second-order valence-electron chi connectivity index (χ2n) is 5.36. The Labute approximate surface area is 112 Å². The van der Waals surface area contributed by atoms with E-state index in [4.69, 9.17) is 0 Å². The summed E-state index contributed by atoms with van der Waals surface area (Å²) in [4.78, 5) is 13.1. The van der Waals surface area contributed by atoms with Crippen molar-refractivity contribution in [1.29, 1.82) is 0 Å². The number of nitro groups is 1. The molecule has 1 aliphatic rings. The fourth-order valence-electron chi connectivity index (χ4n) is 2.64. The number of hydrogen-bond acceptors (Lipinski definition) is 5. The molecule has 7 nitrogen and oxygen atoms in total. The second-order valence-corrected chi connectivity index (χ2v) is 5.36. The number of piperidine rings is 1. The maximum Gasteiger partial charge on any atom is 0.333 e. The van der Waals surface area contributed by atoms with Crippen molar-refractivity contribution in [2.24, 2.45) is 7.05 Å². The predicted octanol–water partition coefficient (Wildman–Crippen LogP) is 1.53. The highest BCUT2D eigenvalue weighted by Gasteiger charge is 2.28. The number of aryl methyl sites for hydroxylation is 2. The van der Waals surface area contributed by atoms with E-state index in [1.165, 1.54) is 0 Å². The van der Waals surface area contributed by atoms with E-state index < -0.39 is 0 Å². The van der Waals surface area contributed by atoms with Crippen molar-refractivity contribution in [1.82, 2.24) is 14.7 Å². The lowest BCUT2D eigenvalue weighted by Gasteiger charge is -2.35. The average molecular weight is 267 g/mol. The molecule has 1 saturated heterocycles. The van der Waals surface area contributed by atoms with Gasteiger partial charge in [-0.25, -0.2) is 4.68 Å². The van der Waals surface area contributed by atoms with E-state index in [-0.39, 0.29) is 16.7 Å². The molecule has 1 N–H and O–H groups in total. The molecule has 19 heavy (non-hydrogen) atoms. The highest BCUT2D eigenvalue weighted by molar-refractivity contribution is 5.59. The van der Waals surface area contributed by atoms with Crippen LogP contribution in [0.5, 0.6) is 0 Å². The molecule has 1 aromatic heterocycles. The van der Waals surface area contributed by atoms with Gasteiger partial charge < -0.3 is 10.2 Å². The molecule has 2 rings (SSSR count). The van der Waals surface area contributed by atoms with Crippen LogP contribution < -0.4 is 5.32 Å². The van der Waals surface area contributed by atoms with Gasteiger partial charge in [0.1, 0.15) is 5.69 Å². The predicted molar refractivity (Wildman–Crippen MR) is 73.3 cm³/mol. The zero-order chi connectivity index (χ0) is 14.2. The third-order valence-corrected chi connectivity index (χ3v) is 3.92. The summed E-state index contributed by atoms with van der Waals surface area (Å²) in [5.41, 5.74) is 0.546. The molecule has 0 bridgehead atoms. The van der Waals surface area contributed by atoms with Gasteiger partial charge in [0.15, 0.2) is 0 Å². The van der Waals surface area contributed by atoms with E-state index >= 15 is 0 Å². The summed E-state index contributed by atoms with van der Waals surface area (Å²) in [5.74, 6) is 0.518. The van der Waals surface area contributed by atoms with Crippen LogP contribution in [0.4, 0.5) is 11.5 Å². The summed E-state index contributed by atoms with van der Waals surface area (Å²) in [6.07, 6.45) is 1.97. The maximum atomic E-state index is 11.1. The smallest absolute Gasteiger partial charge is 0.333 e. The molecule has 2 unspecified atom stereocenters. The van der Waals surface area contributed by atoms with Crippen molar-refractivity contribution >= 4 is 11.5 Å². The molecule has 1 aliphatic heterocycles. The Morgan fingerprint density at radius 1 is 1.47 bits per heavy atom. The first-order valence-electron chi connectivity index (χ1n) is 6.55. The van der Waals surface area contributed by atoms with Crippen LogP contribution in [-0.2, 0) is 7.05 Å². The van der Waals surface area contributed by atoms with Crippen LogP contribution in [0, 0.1) is 17.0 Å². The molecule has 0 radical (unpaired) electrons. The number of likely N-dealkylation sites (tertiary alicyclic amines) is 1. The van der Waals surface area contributed by atoms with Crippen molar-refractivity contribution in [2.75, 3.05) is 18.9 Å². The number of anilines is 1. The topological polar surface area (TPSA) is 76.2 Å². The van der Waals surface area contributed by atoms with Crippen LogP contribution in [-0.4, -0.2) is 45.3 Å². The van der Waals surface area contributed by atoms with Crippen LogP contribution >= 0.6 is 0 Å². The van der Waals surface area contributed by atoms with Crippen molar-refractivity contribution < 1.29 is 4.92 Å². The summed E-state index contributed by atoms with van der Waals surface area (Å²) in [5, 5.41) is 18.6. The minimum atomic E-state index is -0.358. The third-order valence-electron chi connectivity index (χ3n) is 3.92. The number of rotatable bonds is 3. The Hall–Kier alpha value is -1.63. The van der Waals surface area contributed by atoms with Gasteiger partial charge in [-0.1, -0.05) is 0 Å². The largest absolute Gasteiger partial charge is 0.362 e. The highest BCUT2D eigenvalue weighted by Crippen LogP contribution is 2.29. The van der Waals surface area contributed by atoms with E-state index in [1.54, 1.807) is 18.7 Å². The monoisotopic (exact) mass is 267 g/mol. The molecule has 1 fully saturated rings. The Balaban J connectivity index is 2.17. The van der Waals surface area contributed by atoms with Crippen LogP contribution in [0.3, 0.4) is 0 Å². The second kappa shape index (κ2) is 5.16. The standard InChI is InChI=1S/C12H21N5O2/c1-8-7-10(5-6-15(8)3)13-12-11(17(18)19)9(2)14-16(12)4/h8,10,13H,5-7H2,1-4H3. The van der Waals surface area contributed by atoms with E-state index in [2.05, 4.69) is 29.3 Å². The molecule has 0 aromatic carbocycles. The average Bonchev–Trinajstić information content (AvgIpc) is 2.59. The maximum absolute atomic E-state index is 11.1. The Bertz CT molecular complexity index is 485. The SMILES string of the molecule is Cc1nn(C)c(NC2CCN(C)C(C)C2)c1[N+](=O)[O-]. The quantitative estimate of drug-likeness (QED) is 0.664. The zero-order valence-electron chi connectivity index (χ0n) is 11.9. The Kier molecular flexibility index (Phi) is 3.75. The van der Waals surface area contributed by atoms with Crippen LogP contribution in [0.2, 0.25) is 0 Å². The molecule has 7 heteroatoms. The zero-order valence-corrected chi connectivity index (χ0v) is 11.9. The van der Waals surface area contributed by atoms with Crippen LogP contribution in [0.1, 0.15) is 25.5 Å². The molecule has 2 atom stereocenters. The summed E-state index contributed by atoms with van der Waals surface area (Å²) in [7, 11) is 3.85. The Morgan fingerprint density at radius 3 is 2.74 bits per heavy atom. The number of nitrogens with zero attached hydrogens (tertiary/aromatic N) is 4. The fourth-order valence-corrected chi connectivity index (χ4v) is 2.64. The number of hydrogen-bond donors (Lipinski definition) is 1. The number of aromatic nitrogens is 2. The van der Waals surface area contributed by atoms with Crippen molar-refractivity contribution in [3.05, 3.63) is 15.8 Å². The van der Waals surface area contributed by atoms with Crippen molar-refractivity contribution in [3.8, 4) is 0 Å². The van der Waals surface area contributed by atoms with Gasteiger partial charge in [-0.05, 0) is 33.7 Å². The van der Waals surface area contributed by atoms with Gasteiger partial charge in [0.05, 0.1) is 4.92 Å². The molecule has 0 aliphatic carbocycles. The minimum absolute atomic E-state index is 0.0917. The van der Waals surface area contributed by atoms with Gasteiger partial charge in [-0.15, -0.1) is 0 Å². The lowest BCUT2D eigenvalue weighted by molar-refractivity contribution is -0.384. The third kappa shape index (κ3) is 2.70. The molecule has 0 saturated carbocycles. The fraction of sp³-hybridized carbons (Fsp3) is 0.750. The molecular formula is C12H21N5O2. The summed E-state index contributed by atoms with van der Waals surface area (Å²) < 4.78 is 1.57. The van der Waals surface area contributed by atoms with Crippen molar-refractivity contribution in [2.45, 2.75) is 38.8 Å². The number of nitrogens with one attached hydrogen (secondary N) is 1. The first-order valence-corrected chi connectivity index (χ1v) is 6.55. The van der Waals surface area contributed by atoms with E-state index in [0.29, 0.717) is 17.6 Å². The summed E-state index contributed by atoms with van der Waals surface area (Å²) in [6, 6.07) is 0.749. The lowest BCUT2D eigenvalue weighted by atomic mass is 9.99. The van der Waals surface area contributed by atoms with E-state index in [9.17, 15) is 10.1 Å². The van der Waals surface area contributed by atoms with Gasteiger partial charge >= 0.3 is 5.69 Å². The molecule has 1 aromatic rings. The minimum Gasteiger partial charge on any atom is -0.362 e. The molecule has 2 heterocycles. The Morgan fingerprint density at radius 2 is 2.16 bits per heavy atom. The first-order chi connectivity index (χ1) is 8.90. The summed E-state index contributed by atoms with van der Waals surface area (Å²) >= 11 is 0. The normalized spacial score (nSPS) is 24.4. The van der Waals surface area contributed by atoms with Crippen LogP contribution in [0.25, 0.3) is 0 Å². The molecule has 106 valence electrons. The van der Waals surface area contributed by atoms with Crippen LogP contribution in [0.15, 0.2) is 0 Å². The first kappa shape index (κ1) is 13.8. The molecule has 0 spiro atoms. The molecule has 0 amide bonds. The van der Waals surface area contributed by atoms with E-state index in [0.717, 1.165) is 19.4 Å². The highest BCUT2D eigenvalue weighted by atomic mass is 16.6. The lowest BCUT2D eigenvalue weighted by Crippen LogP contribution is -2.42. The van der Waals surface area contributed by atoms with Gasteiger partial charge in [-0.3, -0.25) is 10.1 Å². The van der Waals surface area contributed by atoms with Crippen molar-refractivity contribution in [3.63, 3.8) is 0 Å². The van der Waals surface area contributed by atoms with Gasteiger partial charge in [0.2, 0.25) is 5.82 Å². The van der Waals surface area contributed by atoms with Gasteiger partial charge in [-0.2, -0.15) is 5.10 Å². The van der Waals surface area contributed by atoms with Gasteiger partial charge in [0.25, 0.3) is 0 Å². The van der Waals surface area contributed by atoms with E-state index in [1.807, 2.05) is 0 Å². The van der Waals surface area contributed by atoms with Gasteiger partial charge in [0, 0.05) is 25.7 Å². The molecular weight excluding hydrogens is 246 g/mol. The summed E-state index contributed by atoms with van der Waals surface area (Å²) in [6.45, 7) is 4.85.